The van der Waals surface area contributed by atoms with Crippen molar-refractivity contribution < 1.29 is 41.8 Å². The van der Waals surface area contributed by atoms with Crippen molar-refractivity contribution in [1.29, 1.82) is 0 Å². The first kappa shape index (κ1) is 23.3. The summed E-state index contributed by atoms with van der Waals surface area (Å²) in [6.45, 7) is 3.44. The summed E-state index contributed by atoms with van der Waals surface area (Å²) in [4.78, 5) is 31.7. The summed E-state index contributed by atoms with van der Waals surface area (Å²) in [5, 5.41) is 10.1. The maximum atomic E-state index is 12.2. The Kier molecular flexibility index (Phi) is 6.87. The summed E-state index contributed by atoms with van der Waals surface area (Å²) < 4.78 is 47.8. The van der Waals surface area contributed by atoms with E-state index in [2.05, 4.69) is 20.2 Å². The van der Waals surface area contributed by atoms with Gasteiger partial charge in [-0.05, 0) is 12.1 Å². The van der Waals surface area contributed by atoms with Crippen molar-refractivity contribution >= 4 is 17.7 Å². The molecule has 0 saturated carbocycles. The fourth-order valence-electron chi connectivity index (χ4n) is 3.62. The minimum absolute atomic E-state index is 0.125. The number of amides is 1. The van der Waals surface area contributed by atoms with Crippen molar-refractivity contribution in [2.75, 3.05) is 44.9 Å². The van der Waals surface area contributed by atoms with E-state index < -0.39 is 12.1 Å². The molecule has 0 aliphatic carbocycles. The zero-order valence-corrected chi connectivity index (χ0v) is 17.0. The number of fused-ring (bicyclic) bond motifs is 1. The fraction of sp³-hybridized carbons (Fsp3) is 0.474. The van der Waals surface area contributed by atoms with Gasteiger partial charge in [0.25, 0.3) is 5.91 Å². The topological polar surface area (TPSA) is 127 Å². The van der Waals surface area contributed by atoms with Gasteiger partial charge in [-0.3, -0.25) is 4.79 Å². The number of anilines is 1. The quantitative estimate of drug-likeness (QED) is 0.687. The zero-order valence-electron chi connectivity index (χ0n) is 17.0. The maximum Gasteiger partial charge on any atom is 0.490 e. The molecule has 2 N–H and O–H groups in total. The van der Waals surface area contributed by atoms with Gasteiger partial charge in [-0.1, -0.05) is 0 Å². The van der Waals surface area contributed by atoms with Gasteiger partial charge >= 0.3 is 12.1 Å². The van der Waals surface area contributed by atoms with Crippen LogP contribution in [0.2, 0.25) is 0 Å². The Balaban J connectivity index is 0.000000360. The average molecular weight is 458 g/mol. The smallest absolute Gasteiger partial charge is 0.481 e. The molecule has 2 aromatic heterocycles. The second-order valence-corrected chi connectivity index (χ2v) is 7.34. The highest BCUT2D eigenvalue weighted by atomic mass is 19.4. The number of furan rings is 1. The van der Waals surface area contributed by atoms with Crippen molar-refractivity contribution in [2.24, 2.45) is 11.3 Å². The van der Waals surface area contributed by atoms with Crippen LogP contribution >= 0.6 is 0 Å². The maximum absolute atomic E-state index is 12.2. The van der Waals surface area contributed by atoms with E-state index in [4.69, 9.17) is 23.8 Å². The number of nitrogens with zero attached hydrogens (tertiary/aromatic N) is 3. The van der Waals surface area contributed by atoms with E-state index in [-0.39, 0.29) is 11.3 Å². The lowest BCUT2D eigenvalue weighted by molar-refractivity contribution is -0.192. The third-order valence-corrected chi connectivity index (χ3v) is 5.27. The van der Waals surface area contributed by atoms with Gasteiger partial charge in [0, 0.05) is 37.0 Å². The van der Waals surface area contributed by atoms with Crippen LogP contribution in [-0.2, 0) is 9.53 Å². The number of aliphatic carboxylic acids is 1. The first-order valence-electron chi connectivity index (χ1n) is 9.45. The number of carboxylic acid groups (broad SMARTS) is 1. The minimum atomic E-state index is -5.08. The van der Waals surface area contributed by atoms with E-state index in [1.165, 1.54) is 12.6 Å². The number of alkyl halides is 3. The largest absolute Gasteiger partial charge is 0.490 e. The normalized spacial score (nSPS) is 22.0. The van der Waals surface area contributed by atoms with E-state index in [1.54, 1.807) is 19.2 Å². The Bertz CT molecular complexity index is 939. The molecule has 2 fully saturated rings. The number of ether oxygens (including phenoxy) is 2. The second-order valence-electron chi connectivity index (χ2n) is 7.34. The number of aromatic nitrogens is 2. The summed E-state index contributed by atoms with van der Waals surface area (Å²) >= 11 is 0. The second kappa shape index (κ2) is 9.42. The zero-order chi connectivity index (χ0) is 23.4. The minimum Gasteiger partial charge on any atom is -0.481 e. The lowest BCUT2D eigenvalue weighted by Gasteiger charge is -2.27. The number of hydrogen-bond acceptors (Lipinski definition) is 8. The lowest BCUT2D eigenvalue weighted by Crippen LogP contribution is -2.43. The third kappa shape index (κ3) is 5.28. The molecule has 2 aromatic rings. The predicted molar refractivity (Wildman–Crippen MR) is 102 cm³/mol. The van der Waals surface area contributed by atoms with E-state index in [1.807, 2.05) is 6.07 Å². The SMILES string of the molecule is COc1cc(N2C[C@@H]3COC[C@]3(CNC(=O)c3ccco3)C2)ncn1.O=C(O)C(F)(F)F. The molecular weight excluding hydrogens is 437 g/mol. The van der Waals surface area contributed by atoms with Gasteiger partial charge in [0.05, 0.1) is 26.6 Å². The van der Waals surface area contributed by atoms with Crippen molar-refractivity contribution in [2.45, 2.75) is 6.18 Å². The monoisotopic (exact) mass is 458 g/mol. The van der Waals surface area contributed by atoms with Crippen LogP contribution in [0, 0.1) is 11.3 Å². The van der Waals surface area contributed by atoms with Gasteiger partial charge in [0.1, 0.15) is 12.1 Å². The van der Waals surface area contributed by atoms with Gasteiger partial charge in [-0.15, -0.1) is 0 Å². The van der Waals surface area contributed by atoms with E-state index in [9.17, 15) is 18.0 Å². The molecule has 0 radical (unpaired) electrons. The molecule has 174 valence electrons. The molecule has 0 bridgehead atoms. The molecule has 2 atom stereocenters. The summed E-state index contributed by atoms with van der Waals surface area (Å²) in [5.41, 5.74) is -0.125. The summed E-state index contributed by atoms with van der Waals surface area (Å²) in [6, 6.07) is 5.19. The van der Waals surface area contributed by atoms with Crippen molar-refractivity contribution in [3.63, 3.8) is 0 Å². The van der Waals surface area contributed by atoms with E-state index in [0.717, 1.165) is 18.9 Å². The molecule has 1 amide bonds. The van der Waals surface area contributed by atoms with Crippen molar-refractivity contribution in [3.05, 3.63) is 36.5 Å². The summed E-state index contributed by atoms with van der Waals surface area (Å²) in [5.74, 6) is -0.927. The Morgan fingerprint density at radius 1 is 1.41 bits per heavy atom. The van der Waals surface area contributed by atoms with Gasteiger partial charge in [-0.25, -0.2) is 14.8 Å². The van der Waals surface area contributed by atoms with Gasteiger partial charge in [0.15, 0.2) is 5.76 Å². The van der Waals surface area contributed by atoms with E-state index >= 15 is 0 Å². The van der Waals surface area contributed by atoms with Gasteiger partial charge < -0.3 is 29.2 Å². The van der Waals surface area contributed by atoms with Crippen LogP contribution in [0.1, 0.15) is 10.6 Å². The number of hydrogen-bond donors (Lipinski definition) is 2. The highest BCUT2D eigenvalue weighted by molar-refractivity contribution is 5.91. The molecule has 4 heterocycles. The average Bonchev–Trinajstić information content (AvgIpc) is 3.48. The first-order valence-corrected chi connectivity index (χ1v) is 9.45. The van der Waals surface area contributed by atoms with Crippen LogP contribution in [0.25, 0.3) is 0 Å². The molecule has 0 aromatic carbocycles. The number of carbonyl (C=O) groups excluding carboxylic acids is 1. The standard InChI is InChI=1S/C17H20N4O4.C2HF3O2/c1-23-15-5-14(19-11-20-15)21-6-12-7-24-10-17(12,9-21)8-18-16(22)13-3-2-4-25-13;3-2(4,5)1(6)7/h2-5,11-12H,6-10H2,1H3,(H,18,22);(H,6,7)/t12-,17+;/m1./s1. The molecule has 0 unspecified atom stereocenters. The molecule has 10 nitrogen and oxygen atoms in total. The Morgan fingerprint density at radius 3 is 2.78 bits per heavy atom. The number of rotatable bonds is 5. The van der Waals surface area contributed by atoms with Crippen LogP contribution in [-0.4, -0.2) is 73.1 Å². The molecule has 4 rings (SSSR count). The summed E-state index contributed by atoms with van der Waals surface area (Å²) in [7, 11) is 1.59. The summed E-state index contributed by atoms with van der Waals surface area (Å²) in [6.07, 6.45) is -2.08. The first-order chi connectivity index (χ1) is 15.1. The number of carboxylic acids is 1. The molecule has 32 heavy (non-hydrogen) atoms. The molecule has 2 aliphatic rings. The van der Waals surface area contributed by atoms with Crippen molar-refractivity contribution in [1.82, 2.24) is 15.3 Å². The molecular formula is C19H21F3N4O6. The van der Waals surface area contributed by atoms with E-state index in [0.29, 0.717) is 37.3 Å². The third-order valence-electron chi connectivity index (χ3n) is 5.27. The van der Waals surface area contributed by atoms with Crippen LogP contribution in [0.15, 0.2) is 35.2 Å². The van der Waals surface area contributed by atoms with Crippen LogP contribution in [0.3, 0.4) is 0 Å². The number of methoxy groups -OCH3 is 1. The highest BCUT2D eigenvalue weighted by Crippen LogP contribution is 2.42. The predicted octanol–water partition coefficient (Wildman–Crippen LogP) is 1.59. The van der Waals surface area contributed by atoms with Gasteiger partial charge in [0.2, 0.25) is 5.88 Å². The Labute approximate surface area is 180 Å². The highest BCUT2D eigenvalue weighted by Gasteiger charge is 2.51. The number of nitrogens with one attached hydrogen (secondary N) is 1. The Morgan fingerprint density at radius 2 is 2.16 bits per heavy atom. The Hall–Kier alpha value is -3.35. The van der Waals surface area contributed by atoms with Crippen LogP contribution in [0.4, 0.5) is 19.0 Å². The van der Waals surface area contributed by atoms with Gasteiger partial charge in [-0.2, -0.15) is 13.2 Å². The molecule has 13 heteroatoms. The number of carbonyl (C=O) groups is 2. The van der Waals surface area contributed by atoms with Crippen molar-refractivity contribution in [3.8, 4) is 5.88 Å². The fourth-order valence-corrected chi connectivity index (χ4v) is 3.62. The van der Waals surface area contributed by atoms with Crippen LogP contribution in [0.5, 0.6) is 5.88 Å². The molecule has 2 saturated heterocycles. The van der Waals surface area contributed by atoms with Crippen LogP contribution < -0.4 is 15.0 Å². The molecule has 0 spiro atoms. The lowest BCUT2D eigenvalue weighted by atomic mass is 9.81. The number of halogens is 3. The molecule has 2 aliphatic heterocycles.